The Morgan fingerprint density at radius 3 is 2.75 bits per heavy atom. The van der Waals surface area contributed by atoms with Crippen molar-refractivity contribution in [1.82, 2.24) is 0 Å². The summed E-state index contributed by atoms with van der Waals surface area (Å²) in [5.41, 5.74) is 6.21. The number of rotatable bonds is 6. The van der Waals surface area contributed by atoms with E-state index < -0.39 is 11.9 Å². The molecular formula is C20H15ClN2O4S. The molecule has 0 unspecified atom stereocenters. The Bertz CT molecular complexity index is 1120. The maximum absolute atomic E-state index is 12.4. The number of hydrogen-bond donors (Lipinski definition) is 1. The fourth-order valence-corrected chi connectivity index (χ4v) is 4.19. The molecule has 28 heavy (non-hydrogen) atoms. The molecule has 0 radical (unpaired) electrons. The first-order valence-electron chi connectivity index (χ1n) is 8.30. The number of hydrogen-bond acceptors (Lipinski definition) is 6. The lowest BCUT2D eigenvalue weighted by Gasteiger charge is -2.10. The van der Waals surface area contributed by atoms with Gasteiger partial charge < -0.3 is 15.2 Å². The molecule has 1 heterocycles. The van der Waals surface area contributed by atoms with Gasteiger partial charge in [-0.3, -0.25) is 4.79 Å². The third kappa shape index (κ3) is 3.79. The highest BCUT2D eigenvalue weighted by atomic mass is 35.5. The zero-order valence-corrected chi connectivity index (χ0v) is 16.4. The van der Waals surface area contributed by atoms with Crippen LogP contribution in [-0.2, 0) is 11.3 Å². The zero-order valence-electron chi connectivity index (χ0n) is 14.8. The van der Waals surface area contributed by atoms with Gasteiger partial charge in [0.1, 0.15) is 23.3 Å². The topological polar surface area (TPSA) is 102 Å². The van der Waals surface area contributed by atoms with E-state index in [0.717, 1.165) is 4.70 Å². The van der Waals surface area contributed by atoms with E-state index in [-0.39, 0.29) is 30.1 Å². The van der Waals surface area contributed by atoms with Crippen molar-refractivity contribution >= 4 is 44.9 Å². The number of nitrogens with two attached hydrogens (primary N) is 1. The van der Waals surface area contributed by atoms with Crippen LogP contribution in [0.1, 0.15) is 38.1 Å². The Labute approximate surface area is 170 Å². The number of nitriles is 1. The van der Waals surface area contributed by atoms with Crippen LogP contribution in [0.25, 0.3) is 10.1 Å². The average Bonchev–Trinajstić information content (AvgIpc) is 3.06. The molecule has 0 aliphatic rings. The average molecular weight is 415 g/mol. The van der Waals surface area contributed by atoms with Gasteiger partial charge in [-0.15, -0.1) is 11.3 Å². The SMILES string of the molecule is CCOC(=O)c1sc2cccc(Cl)c2c1COc1ccc(C(N)=O)cc1C#N. The lowest BCUT2D eigenvalue weighted by molar-refractivity contribution is 0.0529. The first kappa shape index (κ1) is 19.7. The number of ether oxygens (including phenoxy) is 2. The molecule has 142 valence electrons. The standard InChI is InChI=1S/C20H15ClN2O4S/c1-2-26-20(25)18-13(17-14(21)4-3-5-16(17)28-18)10-27-15-7-6-11(19(23)24)8-12(15)9-22/h3-8H,2,10H2,1H3,(H2,23,24). The van der Waals surface area contributed by atoms with E-state index in [9.17, 15) is 14.9 Å². The van der Waals surface area contributed by atoms with Gasteiger partial charge >= 0.3 is 5.97 Å². The highest BCUT2D eigenvalue weighted by Gasteiger charge is 2.22. The number of benzene rings is 2. The van der Waals surface area contributed by atoms with Crippen molar-refractivity contribution in [3.63, 3.8) is 0 Å². The van der Waals surface area contributed by atoms with Crippen LogP contribution in [0.5, 0.6) is 5.75 Å². The summed E-state index contributed by atoms with van der Waals surface area (Å²) < 4.78 is 11.8. The van der Waals surface area contributed by atoms with Gasteiger partial charge in [-0.05, 0) is 37.3 Å². The van der Waals surface area contributed by atoms with Crippen LogP contribution >= 0.6 is 22.9 Å². The third-order valence-corrected chi connectivity index (χ3v) is 5.47. The zero-order chi connectivity index (χ0) is 20.3. The van der Waals surface area contributed by atoms with Gasteiger partial charge in [0.2, 0.25) is 5.91 Å². The van der Waals surface area contributed by atoms with Crippen LogP contribution in [0.3, 0.4) is 0 Å². The first-order valence-corrected chi connectivity index (χ1v) is 9.49. The summed E-state index contributed by atoms with van der Waals surface area (Å²) in [5, 5.41) is 10.5. The van der Waals surface area contributed by atoms with E-state index in [1.54, 1.807) is 19.1 Å². The number of amides is 1. The minimum absolute atomic E-state index is 0.00246. The summed E-state index contributed by atoms with van der Waals surface area (Å²) in [6.07, 6.45) is 0. The Morgan fingerprint density at radius 2 is 2.07 bits per heavy atom. The number of fused-ring (bicyclic) bond motifs is 1. The van der Waals surface area contributed by atoms with Crippen molar-refractivity contribution < 1.29 is 19.1 Å². The van der Waals surface area contributed by atoms with Crippen molar-refractivity contribution in [3.05, 3.63) is 63.0 Å². The molecule has 0 atom stereocenters. The summed E-state index contributed by atoms with van der Waals surface area (Å²) in [6, 6.07) is 11.7. The largest absolute Gasteiger partial charge is 0.487 e. The smallest absolute Gasteiger partial charge is 0.348 e. The van der Waals surface area contributed by atoms with Gasteiger partial charge in [-0.2, -0.15) is 5.26 Å². The van der Waals surface area contributed by atoms with Crippen molar-refractivity contribution in [2.24, 2.45) is 5.73 Å². The fourth-order valence-electron chi connectivity index (χ4n) is 2.71. The highest BCUT2D eigenvalue weighted by Crippen LogP contribution is 2.37. The third-order valence-electron chi connectivity index (χ3n) is 3.98. The fraction of sp³-hybridized carbons (Fsp3) is 0.150. The molecule has 0 bridgehead atoms. The molecule has 0 spiro atoms. The van der Waals surface area contributed by atoms with E-state index in [4.69, 9.17) is 26.8 Å². The van der Waals surface area contributed by atoms with Gasteiger partial charge in [-0.1, -0.05) is 17.7 Å². The Balaban J connectivity index is 2.00. The Hall–Kier alpha value is -3.08. The van der Waals surface area contributed by atoms with Crippen molar-refractivity contribution in [2.75, 3.05) is 6.61 Å². The predicted molar refractivity (Wildman–Crippen MR) is 107 cm³/mol. The Morgan fingerprint density at radius 1 is 1.29 bits per heavy atom. The van der Waals surface area contributed by atoms with Crippen molar-refractivity contribution in [2.45, 2.75) is 13.5 Å². The molecule has 1 amide bonds. The maximum Gasteiger partial charge on any atom is 0.348 e. The second-order valence-electron chi connectivity index (χ2n) is 5.72. The molecule has 1 aromatic heterocycles. The molecule has 2 N–H and O–H groups in total. The van der Waals surface area contributed by atoms with Crippen molar-refractivity contribution in [1.29, 1.82) is 5.26 Å². The molecule has 3 aromatic rings. The quantitative estimate of drug-likeness (QED) is 0.606. The van der Waals surface area contributed by atoms with Gasteiger partial charge in [-0.25, -0.2) is 4.79 Å². The summed E-state index contributed by atoms with van der Waals surface area (Å²) in [6.45, 7) is 1.98. The second kappa shape index (κ2) is 8.30. The minimum Gasteiger partial charge on any atom is -0.487 e. The minimum atomic E-state index is -0.636. The number of carbonyl (C=O) groups is 2. The number of esters is 1. The molecule has 0 aliphatic heterocycles. The van der Waals surface area contributed by atoms with E-state index >= 15 is 0 Å². The summed E-state index contributed by atoms with van der Waals surface area (Å²) in [5.74, 6) is -0.820. The normalized spacial score (nSPS) is 10.5. The van der Waals surface area contributed by atoms with Crippen LogP contribution < -0.4 is 10.5 Å². The Kier molecular flexibility index (Phi) is 5.83. The number of halogens is 1. The monoisotopic (exact) mass is 414 g/mol. The molecule has 3 rings (SSSR count). The van der Waals surface area contributed by atoms with E-state index in [1.165, 1.54) is 29.5 Å². The lowest BCUT2D eigenvalue weighted by atomic mass is 10.1. The maximum atomic E-state index is 12.4. The van der Waals surface area contributed by atoms with Gasteiger partial charge in [0.15, 0.2) is 0 Å². The van der Waals surface area contributed by atoms with Crippen LogP contribution in [0.15, 0.2) is 36.4 Å². The molecular weight excluding hydrogens is 400 g/mol. The van der Waals surface area contributed by atoms with Crippen molar-refractivity contribution in [3.8, 4) is 11.8 Å². The summed E-state index contributed by atoms with van der Waals surface area (Å²) >= 11 is 7.62. The van der Waals surface area contributed by atoms with E-state index in [0.29, 0.717) is 20.8 Å². The van der Waals surface area contributed by atoms with E-state index in [2.05, 4.69) is 0 Å². The van der Waals surface area contributed by atoms with Crippen LogP contribution in [-0.4, -0.2) is 18.5 Å². The van der Waals surface area contributed by atoms with Gasteiger partial charge in [0.25, 0.3) is 0 Å². The second-order valence-corrected chi connectivity index (χ2v) is 7.18. The first-order chi connectivity index (χ1) is 13.5. The highest BCUT2D eigenvalue weighted by molar-refractivity contribution is 7.21. The lowest BCUT2D eigenvalue weighted by Crippen LogP contribution is -2.11. The molecule has 8 heteroatoms. The number of thiophene rings is 1. The molecule has 0 aliphatic carbocycles. The summed E-state index contributed by atoms with van der Waals surface area (Å²) in [4.78, 5) is 24.1. The van der Waals surface area contributed by atoms with E-state index in [1.807, 2.05) is 12.1 Å². The summed E-state index contributed by atoms with van der Waals surface area (Å²) in [7, 11) is 0. The molecule has 0 saturated carbocycles. The van der Waals surface area contributed by atoms with Crippen LogP contribution in [0.2, 0.25) is 5.02 Å². The molecule has 6 nitrogen and oxygen atoms in total. The molecule has 0 saturated heterocycles. The molecule has 2 aromatic carbocycles. The number of carbonyl (C=O) groups excluding carboxylic acids is 2. The van der Waals surface area contributed by atoms with Crippen LogP contribution in [0.4, 0.5) is 0 Å². The number of nitrogens with zero attached hydrogens (tertiary/aromatic N) is 1. The van der Waals surface area contributed by atoms with Gasteiger partial charge in [0, 0.05) is 26.2 Å². The van der Waals surface area contributed by atoms with Gasteiger partial charge in [0.05, 0.1) is 12.2 Å². The number of primary amides is 1. The predicted octanol–water partition coefficient (Wildman–Crippen LogP) is 4.28. The van der Waals surface area contributed by atoms with Crippen LogP contribution in [0, 0.1) is 11.3 Å². The molecule has 0 fully saturated rings.